The van der Waals surface area contributed by atoms with Gasteiger partial charge in [-0.3, -0.25) is 14.4 Å². The first-order valence-corrected chi connectivity index (χ1v) is 9.15. The molecular formula is C19H24FN3O3. The van der Waals surface area contributed by atoms with Gasteiger partial charge in [-0.1, -0.05) is 0 Å². The number of nitrogens with zero attached hydrogens (tertiary/aromatic N) is 2. The van der Waals surface area contributed by atoms with Crippen LogP contribution in [0.2, 0.25) is 0 Å². The summed E-state index contributed by atoms with van der Waals surface area (Å²) >= 11 is 0. The number of rotatable bonds is 4. The molecule has 6 nitrogen and oxygen atoms in total. The van der Waals surface area contributed by atoms with Gasteiger partial charge in [0.2, 0.25) is 11.8 Å². The maximum Gasteiger partial charge on any atom is 0.251 e. The van der Waals surface area contributed by atoms with Gasteiger partial charge in [-0.2, -0.15) is 0 Å². The number of nitrogens with one attached hydrogen (secondary N) is 1. The number of carbonyl (C=O) groups excluding carboxylic acids is 3. The first-order valence-electron chi connectivity index (χ1n) is 9.15. The monoisotopic (exact) mass is 361 g/mol. The quantitative estimate of drug-likeness (QED) is 0.882. The fourth-order valence-corrected chi connectivity index (χ4v) is 3.54. The number of benzene rings is 1. The number of halogens is 1. The van der Waals surface area contributed by atoms with Crippen LogP contribution in [0.4, 0.5) is 4.39 Å². The summed E-state index contributed by atoms with van der Waals surface area (Å²) in [5.41, 5.74) is 0.314. The smallest absolute Gasteiger partial charge is 0.251 e. The van der Waals surface area contributed by atoms with Gasteiger partial charge in [0.15, 0.2) is 0 Å². The van der Waals surface area contributed by atoms with Crippen LogP contribution in [0.15, 0.2) is 24.3 Å². The fraction of sp³-hybridized carbons (Fsp3) is 0.526. The molecule has 140 valence electrons. The van der Waals surface area contributed by atoms with Crippen LogP contribution < -0.4 is 5.32 Å². The molecule has 2 aliphatic heterocycles. The van der Waals surface area contributed by atoms with Crippen LogP contribution in [0, 0.1) is 11.7 Å². The van der Waals surface area contributed by atoms with Gasteiger partial charge in [0.1, 0.15) is 5.82 Å². The summed E-state index contributed by atoms with van der Waals surface area (Å²) in [7, 11) is 0. The third-order valence-electron chi connectivity index (χ3n) is 5.12. The van der Waals surface area contributed by atoms with Crippen molar-refractivity contribution in [3.63, 3.8) is 0 Å². The molecule has 7 heteroatoms. The van der Waals surface area contributed by atoms with Crippen molar-refractivity contribution in [2.45, 2.75) is 25.7 Å². The molecular weight excluding hydrogens is 337 g/mol. The molecule has 0 unspecified atom stereocenters. The van der Waals surface area contributed by atoms with Gasteiger partial charge in [-0.05, 0) is 49.9 Å². The molecule has 1 aromatic carbocycles. The SMILES string of the molecule is O=C(NCC(=O)N1CCC(C(=O)N2CCCC2)CC1)c1ccc(F)cc1. The normalized spacial score (nSPS) is 18.0. The van der Waals surface area contributed by atoms with E-state index in [0.29, 0.717) is 31.5 Å². The predicted molar refractivity (Wildman–Crippen MR) is 93.9 cm³/mol. The van der Waals surface area contributed by atoms with E-state index < -0.39 is 11.7 Å². The highest BCUT2D eigenvalue weighted by Crippen LogP contribution is 2.22. The standard InChI is InChI=1S/C19H24FN3O3/c20-16-5-3-14(4-6-16)18(25)21-13-17(24)22-11-7-15(8-12-22)19(26)23-9-1-2-10-23/h3-6,15H,1-2,7-13H2,(H,21,25). The Hall–Kier alpha value is -2.44. The summed E-state index contributed by atoms with van der Waals surface area (Å²) < 4.78 is 12.9. The van der Waals surface area contributed by atoms with Crippen molar-refractivity contribution in [1.29, 1.82) is 0 Å². The summed E-state index contributed by atoms with van der Waals surface area (Å²) in [4.78, 5) is 40.3. The number of hydrogen-bond acceptors (Lipinski definition) is 3. The van der Waals surface area contributed by atoms with Crippen LogP contribution in [0.1, 0.15) is 36.0 Å². The van der Waals surface area contributed by atoms with Crippen LogP contribution in [0.25, 0.3) is 0 Å². The van der Waals surface area contributed by atoms with Crippen molar-refractivity contribution in [2.24, 2.45) is 5.92 Å². The highest BCUT2D eigenvalue weighted by molar-refractivity contribution is 5.96. The summed E-state index contributed by atoms with van der Waals surface area (Å²) in [5.74, 6) is -0.751. The third kappa shape index (κ3) is 4.39. The molecule has 2 saturated heterocycles. The van der Waals surface area contributed by atoms with E-state index in [1.54, 1.807) is 4.90 Å². The molecule has 0 radical (unpaired) electrons. The number of hydrogen-bond donors (Lipinski definition) is 1. The maximum absolute atomic E-state index is 12.9. The van der Waals surface area contributed by atoms with E-state index >= 15 is 0 Å². The van der Waals surface area contributed by atoms with E-state index in [9.17, 15) is 18.8 Å². The van der Waals surface area contributed by atoms with Crippen molar-refractivity contribution in [2.75, 3.05) is 32.7 Å². The second kappa shape index (κ2) is 8.29. The average Bonchev–Trinajstić information content (AvgIpc) is 3.20. The lowest BCUT2D eigenvalue weighted by Crippen LogP contribution is -2.46. The molecule has 0 aromatic heterocycles. The van der Waals surface area contributed by atoms with Gasteiger partial charge in [-0.15, -0.1) is 0 Å². The molecule has 0 atom stereocenters. The maximum atomic E-state index is 12.9. The van der Waals surface area contributed by atoms with Crippen molar-refractivity contribution >= 4 is 17.7 Å². The topological polar surface area (TPSA) is 69.7 Å². The van der Waals surface area contributed by atoms with E-state index in [2.05, 4.69) is 5.32 Å². The predicted octanol–water partition coefficient (Wildman–Crippen LogP) is 1.42. The van der Waals surface area contributed by atoms with Crippen molar-refractivity contribution in [1.82, 2.24) is 15.1 Å². The Morgan fingerprint density at radius 1 is 0.962 bits per heavy atom. The lowest BCUT2D eigenvalue weighted by atomic mass is 9.95. The van der Waals surface area contributed by atoms with Gasteiger partial charge in [0.25, 0.3) is 5.91 Å². The fourth-order valence-electron chi connectivity index (χ4n) is 3.54. The molecule has 26 heavy (non-hydrogen) atoms. The second-order valence-corrected chi connectivity index (χ2v) is 6.88. The van der Waals surface area contributed by atoms with Crippen LogP contribution in [0.3, 0.4) is 0 Å². The number of piperidine rings is 1. The minimum absolute atomic E-state index is 0.00552. The molecule has 0 bridgehead atoms. The molecule has 1 N–H and O–H groups in total. The van der Waals surface area contributed by atoms with E-state index in [4.69, 9.17) is 0 Å². The molecule has 2 heterocycles. The largest absolute Gasteiger partial charge is 0.343 e. The summed E-state index contributed by atoms with van der Waals surface area (Å²) in [6.07, 6.45) is 3.51. The minimum Gasteiger partial charge on any atom is -0.343 e. The van der Waals surface area contributed by atoms with Crippen LogP contribution in [-0.4, -0.2) is 60.2 Å². The van der Waals surface area contributed by atoms with Crippen LogP contribution in [-0.2, 0) is 9.59 Å². The molecule has 0 aliphatic carbocycles. The first kappa shape index (κ1) is 18.4. The zero-order chi connectivity index (χ0) is 18.5. The Balaban J connectivity index is 1.42. The van der Waals surface area contributed by atoms with Crippen LogP contribution in [0.5, 0.6) is 0 Å². The Morgan fingerprint density at radius 3 is 2.19 bits per heavy atom. The Labute approximate surface area is 152 Å². The summed E-state index contributed by atoms with van der Waals surface area (Å²) in [6.45, 7) is 2.69. The lowest BCUT2D eigenvalue weighted by Gasteiger charge is -2.33. The Kier molecular flexibility index (Phi) is 5.85. The molecule has 1 aromatic rings. The molecule has 3 rings (SSSR count). The summed E-state index contributed by atoms with van der Waals surface area (Å²) in [5, 5.41) is 2.57. The molecule has 3 amide bonds. The zero-order valence-corrected chi connectivity index (χ0v) is 14.7. The summed E-state index contributed by atoms with van der Waals surface area (Å²) in [6, 6.07) is 5.17. The average molecular weight is 361 g/mol. The van der Waals surface area contributed by atoms with Crippen LogP contribution >= 0.6 is 0 Å². The second-order valence-electron chi connectivity index (χ2n) is 6.88. The third-order valence-corrected chi connectivity index (χ3v) is 5.12. The van der Waals surface area contributed by atoms with Gasteiger partial charge < -0.3 is 15.1 Å². The Bertz CT molecular complexity index is 663. The van der Waals surface area contributed by atoms with E-state index in [1.165, 1.54) is 24.3 Å². The highest BCUT2D eigenvalue weighted by Gasteiger charge is 2.31. The van der Waals surface area contributed by atoms with E-state index in [0.717, 1.165) is 25.9 Å². The zero-order valence-electron chi connectivity index (χ0n) is 14.7. The van der Waals surface area contributed by atoms with Crippen molar-refractivity contribution < 1.29 is 18.8 Å². The highest BCUT2D eigenvalue weighted by atomic mass is 19.1. The van der Waals surface area contributed by atoms with E-state index in [1.807, 2.05) is 4.90 Å². The van der Waals surface area contributed by atoms with Gasteiger partial charge in [0, 0.05) is 37.7 Å². The first-order chi connectivity index (χ1) is 12.5. The molecule has 2 fully saturated rings. The molecule has 0 saturated carbocycles. The van der Waals surface area contributed by atoms with Crippen molar-refractivity contribution in [3.8, 4) is 0 Å². The lowest BCUT2D eigenvalue weighted by molar-refractivity contribution is -0.139. The Morgan fingerprint density at radius 2 is 1.58 bits per heavy atom. The number of amides is 3. The number of carbonyl (C=O) groups is 3. The minimum atomic E-state index is -0.413. The molecule has 0 spiro atoms. The van der Waals surface area contributed by atoms with Gasteiger partial charge in [0.05, 0.1) is 6.54 Å². The van der Waals surface area contributed by atoms with Gasteiger partial charge in [-0.25, -0.2) is 4.39 Å². The molecule has 2 aliphatic rings. The number of likely N-dealkylation sites (tertiary alicyclic amines) is 2. The van der Waals surface area contributed by atoms with Gasteiger partial charge >= 0.3 is 0 Å². The van der Waals surface area contributed by atoms with Crippen molar-refractivity contribution in [3.05, 3.63) is 35.6 Å². The van der Waals surface area contributed by atoms with E-state index in [-0.39, 0.29) is 24.3 Å².